The molecule has 4 nitrogen and oxygen atoms in total. The van der Waals surface area contributed by atoms with Crippen molar-refractivity contribution < 1.29 is 14.9 Å². The average Bonchev–Trinajstić information content (AvgIpc) is 2.93. The first kappa shape index (κ1) is 15.1. The molecule has 124 valence electrons. The third-order valence-corrected chi connectivity index (χ3v) is 5.10. The molecule has 0 radical (unpaired) electrons. The summed E-state index contributed by atoms with van der Waals surface area (Å²) in [5.41, 5.74) is 4.57. The third-order valence-electron chi connectivity index (χ3n) is 5.10. The van der Waals surface area contributed by atoms with Crippen LogP contribution in [0.1, 0.15) is 24.3 Å². The number of ether oxygens (including phenoxy) is 1. The highest BCUT2D eigenvalue weighted by molar-refractivity contribution is 5.58. The van der Waals surface area contributed by atoms with E-state index in [-0.39, 0.29) is 11.7 Å². The summed E-state index contributed by atoms with van der Waals surface area (Å²) in [4.78, 5) is 0. The van der Waals surface area contributed by atoms with Crippen LogP contribution in [0, 0.1) is 5.92 Å². The van der Waals surface area contributed by atoms with E-state index in [1.807, 2.05) is 24.4 Å². The summed E-state index contributed by atoms with van der Waals surface area (Å²) in [6, 6.07) is 6.17. The van der Waals surface area contributed by atoms with Gasteiger partial charge < -0.3 is 20.3 Å². The SMILES string of the molecule is C=C/C=C\Nc1ccc2c(c1)OCC1CC3=C(CC(O)C(O)=C3)[C@H]21. The van der Waals surface area contributed by atoms with E-state index in [1.165, 1.54) is 16.7 Å². The lowest BCUT2D eigenvalue weighted by Gasteiger charge is -2.32. The molecule has 1 aromatic rings. The summed E-state index contributed by atoms with van der Waals surface area (Å²) in [6.45, 7) is 4.32. The third kappa shape index (κ3) is 2.43. The second-order valence-electron chi connectivity index (χ2n) is 6.58. The molecule has 3 aliphatic rings. The number of benzene rings is 1. The minimum absolute atomic E-state index is 0.0853. The number of hydrogen-bond donors (Lipinski definition) is 3. The van der Waals surface area contributed by atoms with Crippen molar-refractivity contribution in [2.24, 2.45) is 5.92 Å². The van der Waals surface area contributed by atoms with E-state index in [4.69, 9.17) is 4.74 Å². The fourth-order valence-electron chi connectivity index (χ4n) is 4.03. The topological polar surface area (TPSA) is 61.7 Å². The molecule has 0 amide bonds. The zero-order chi connectivity index (χ0) is 16.7. The van der Waals surface area contributed by atoms with E-state index in [0.717, 1.165) is 17.9 Å². The summed E-state index contributed by atoms with van der Waals surface area (Å²) < 4.78 is 5.99. The minimum Gasteiger partial charge on any atom is -0.510 e. The zero-order valence-electron chi connectivity index (χ0n) is 13.4. The molecule has 2 unspecified atom stereocenters. The number of fused-ring (bicyclic) bond motifs is 4. The lowest BCUT2D eigenvalue weighted by molar-refractivity contribution is 0.147. The Balaban J connectivity index is 1.67. The van der Waals surface area contributed by atoms with E-state index in [9.17, 15) is 10.2 Å². The summed E-state index contributed by atoms with van der Waals surface area (Å²) in [6.07, 6.45) is 7.78. The van der Waals surface area contributed by atoms with Gasteiger partial charge in [-0.1, -0.05) is 24.3 Å². The molecule has 1 aliphatic heterocycles. The Morgan fingerprint density at radius 1 is 1.29 bits per heavy atom. The number of aliphatic hydroxyl groups excluding tert-OH is 2. The smallest absolute Gasteiger partial charge is 0.125 e. The molecule has 4 rings (SSSR count). The summed E-state index contributed by atoms with van der Waals surface area (Å²) in [7, 11) is 0. The van der Waals surface area contributed by atoms with Gasteiger partial charge in [-0.2, -0.15) is 0 Å². The number of hydrogen-bond acceptors (Lipinski definition) is 4. The molecule has 0 fully saturated rings. The Hall–Kier alpha value is -2.46. The van der Waals surface area contributed by atoms with Gasteiger partial charge in [0.25, 0.3) is 0 Å². The minimum atomic E-state index is -0.779. The van der Waals surface area contributed by atoms with Crippen molar-refractivity contribution in [1.29, 1.82) is 0 Å². The molecule has 3 N–H and O–H groups in total. The van der Waals surface area contributed by atoms with Crippen LogP contribution in [-0.4, -0.2) is 22.9 Å². The average molecular weight is 323 g/mol. The van der Waals surface area contributed by atoms with Gasteiger partial charge >= 0.3 is 0 Å². The summed E-state index contributed by atoms with van der Waals surface area (Å²) in [5, 5.41) is 23.0. The lowest BCUT2D eigenvalue weighted by Crippen LogP contribution is -2.25. The van der Waals surface area contributed by atoms with Crippen molar-refractivity contribution >= 4 is 5.69 Å². The van der Waals surface area contributed by atoms with Crippen LogP contribution in [-0.2, 0) is 0 Å². The molecule has 0 aromatic heterocycles. The first-order valence-electron chi connectivity index (χ1n) is 8.28. The normalized spacial score (nSPS) is 27.9. The standard InChI is InChI=1S/C20H21NO3/c1-2-3-6-21-14-4-5-15-19(9-14)24-11-13-7-12-8-17(22)18(23)10-16(12)20(13)15/h2-6,8-9,13,18,20-23H,1,7,10-11H2/b6-3-/t13?,18?,20-/m0/s1. The van der Waals surface area contributed by atoms with Gasteiger partial charge in [0.1, 0.15) is 17.6 Å². The fraction of sp³-hybridized carbons (Fsp3) is 0.300. The Labute approximate surface area is 141 Å². The first-order valence-corrected chi connectivity index (χ1v) is 8.28. The predicted octanol–water partition coefficient (Wildman–Crippen LogP) is 3.80. The first-order chi connectivity index (χ1) is 11.7. The molecule has 0 saturated heterocycles. The molecule has 0 bridgehead atoms. The number of nitrogens with one attached hydrogen (secondary N) is 1. The van der Waals surface area contributed by atoms with Gasteiger partial charge in [0.05, 0.1) is 6.61 Å². The van der Waals surface area contributed by atoms with Crippen molar-refractivity contribution in [3.63, 3.8) is 0 Å². The monoisotopic (exact) mass is 323 g/mol. The van der Waals surface area contributed by atoms with E-state index in [0.29, 0.717) is 18.9 Å². The van der Waals surface area contributed by atoms with Crippen LogP contribution in [0.15, 0.2) is 66.1 Å². The molecular weight excluding hydrogens is 302 g/mol. The number of aliphatic hydroxyl groups is 2. The highest BCUT2D eigenvalue weighted by Gasteiger charge is 2.42. The maximum absolute atomic E-state index is 10.0. The van der Waals surface area contributed by atoms with Crippen LogP contribution in [0.4, 0.5) is 5.69 Å². The van der Waals surface area contributed by atoms with E-state index in [2.05, 4.69) is 18.0 Å². The van der Waals surface area contributed by atoms with Gasteiger partial charge in [0, 0.05) is 41.8 Å². The van der Waals surface area contributed by atoms with E-state index >= 15 is 0 Å². The van der Waals surface area contributed by atoms with Crippen molar-refractivity contribution in [3.05, 3.63) is 71.7 Å². The van der Waals surface area contributed by atoms with Crippen LogP contribution in [0.25, 0.3) is 0 Å². The molecule has 0 saturated carbocycles. The molecule has 1 aromatic carbocycles. The molecule has 2 aliphatic carbocycles. The second kappa shape index (κ2) is 5.87. The maximum atomic E-state index is 10.0. The van der Waals surface area contributed by atoms with Crippen molar-refractivity contribution in [2.75, 3.05) is 11.9 Å². The largest absolute Gasteiger partial charge is 0.510 e. The Bertz CT molecular complexity index is 775. The Morgan fingerprint density at radius 2 is 2.17 bits per heavy atom. The molecule has 4 heteroatoms. The van der Waals surface area contributed by atoms with E-state index < -0.39 is 6.10 Å². The van der Waals surface area contributed by atoms with Crippen LogP contribution < -0.4 is 10.1 Å². The van der Waals surface area contributed by atoms with Crippen LogP contribution in [0.2, 0.25) is 0 Å². The maximum Gasteiger partial charge on any atom is 0.125 e. The molecule has 1 heterocycles. The van der Waals surface area contributed by atoms with Crippen molar-refractivity contribution in [1.82, 2.24) is 0 Å². The summed E-state index contributed by atoms with van der Waals surface area (Å²) in [5.74, 6) is 1.65. The van der Waals surface area contributed by atoms with Crippen molar-refractivity contribution in [3.8, 4) is 5.75 Å². The van der Waals surface area contributed by atoms with Crippen molar-refractivity contribution in [2.45, 2.75) is 24.9 Å². The predicted molar refractivity (Wildman–Crippen MR) is 94.1 cm³/mol. The zero-order valence-corrected chi connectivity index (χ0v) is 13.4. The van der Waals surface area contributed by atoms with Gasteiger partial charge in [-0.3, -0.25) is 0 Å². The molecule has 3 atom stereocenters. The van der Waals surface area contributed by atoms with Crippen LogP contribution >= 0.6 is 0 Å². The Morgan fingerprint density at radius 3 is 3.00 bits per heavy atom. The van der Waals surface area contributed by atoms with Crippen LogP contribution in [0.5, 0.6) is 5.75 Å². The lowest BCUT2D eigenvalue weighted by atomic mass is 9.80. The van der Waals surface area contributed by atoms with Gasteiger partial charge in [0.15, 0.2) is 0 Å². The van der Waals surface area contributed by atoms with Gasteiger partial charge in [-0.25, -0.2) is 0 Å². The Kier molecular flexibility index (Phi) is 3.69. The number of rotatable bonds is 3. The molecule has 24 heavy (non-hydrogen) atoms. The van der Waals surface area contributed by atoms with E-state index in [1.54, 1.807) is 12.2 Å². The highest BCUT2D eigenvalue weighted by atomic mass is 16.5. The number of allylic oxidation sites excluding steroid dienone is 4. The van der Waals surface area contributed by atoms with Crippen LogP contribution in [0.3, 0.4) is 0 Å². The summed E-state index contributed by atoms with van der Waals surface area (Å²) >= 11 is 0. The molecule has 0 spiro atoms. The molecular formula is C20H21NO3. The van der Waals surface area contributed by atoms with Gasteiger partial charge in [-0.15, -0.1) is 0 Å². The fourth-order valence-corrected chi connectivity index (χ4v) is 4.03. The number of anilines is 1. The quantitative estimate of drug-likeness (QED) is 0.741. The van der Waals surface area contributed by atoms with Gasteiger partial charge in [-0.05, 0) is 30.2 Å². The second-order valence-corrected chi connectivity index (χ2v) is 6.58. The van der Waals surface area contributed by atoms with Gasteiger partial charge in [0.2, 0.25) is 0 Å². The highest BCUT2D eigenvalue weighted by Crippen LogP contribution is 2.53.